The van der Waals surface area contributed by atoms with Crippen molar-refractivity contribution in [3.05, 3.63) is 68.4 Å². The molecule has 0 saturated carbocycles. The highest BCUT2D eigenvalue weighted by Crippen LogP contribution is 2.39. The van der Waals surface area contributed by atoms with Gasteiger partial charge < -0.3 is 34.7 Å². The Morgan fingerprint density at radius 3 is 2.22 bits per heavy atom. The summed E-state index contributed by atoms with van der Waals surface area (Å²) in [4.78, 5) is 39.0. The molecule has 5 N–H and O–H groups in total. The highest BCUT2D eigenvalue weighted by Gasteiger charge is 2.30. The second-order valence-electron chi connectivity index (χ2n) is 8.41. The molecule has 1 aliphatic heterocycles. The Morgan fingerprint density at radius 2 is 1.53 bits per heavy atom. The van der Waals surface area contributed by atoms with Gasteiger partial charge >= 0.3 is 0 Å². The maximum atomic E-state index is 13.3. The molecule has 0 atom stereocenters. The lowest BCUT2D eigenvalue weighted by Gasteiger charge is -2.21. The van der Waals surface area contributed by atoms with E-state index in [4.69, 9.17) is 9.15 Å². The molecule has 0 unspecified atom stereocenters. The zero-order valence-electron chi connectivity index (χ0n) is 18.9. The zero-order chi connectivity index (χ0) is 26.0. The van der Waals surface area contributed by atoms with E-state index >= 15 is 0 Å². The minimum absolute atomic E-state index is 0.000695. The second-order valence-corrected chi connectivity index (χ2v) is 8.41. The van der Waals surface area contributed by atoms with E-state index in [0.717, 1.165) is 24.3 Å². The molecule has 10 nitrogen and oxygen atoms in total. The Bertz CT molecular complexity index is 1760. The van der Waals surface area contributed by atoms with E-state index in [9.17, 15) is 39.9 Å². The number of rotatable bonds is 2. The van der Waals surface area contributed by atoms with E-state index in [1.165, 1.54) is 19.9 Å². The first-order chi connectivity index (χ1) is 17.0. The molecule has 0 spiro atoms. The van der Waals surface area contributed by atoms with Crippen LogP contribution in [0.5, 0.6) is 28.7 Å². The Labute approximate surface area is 201 Å². The lowest BCUT2D eigenvalue weighted by atomic mass is 9.91. The largest absolute Gasteiger partial charge is 0.507 e. The van der Waals surface area contributed by atoms with Crippen molar-refractivity contribution in [3.63, 3.8) is 0 Å². The summed E-state index contributed by atoms with van der Waals surface area (Å²) in [5.74, 6) is -3.79. The summed E-state index contributed by atoms with van der Waals surface area (Å²) in [5, 5.41) is 50.1. The van der Waals surface area contributed by atoms with Crippen molar-refractivity contribution in [1.82, 2.24) is 0 Å². The molecule has 0 amide bonds. The molecule has 10 heteroatoms. The first kappa shape index (κ1) is 22.8. The molecule has 0 bridgehead atoms. The van der Waals surface area contributed by atoms with E-state index in [2.05, 4.69) is 0 Å². The van der Waals surface area contributed by atoms with Crippen LogP contribution in [0, 0.1) is 6.92 Å². The van der Waals surface area contributed by atoms with Gasteiger partial charge in [0.2, 0.25) is 5.43 Å². The zero-order valence-corrected chi connectivity index (χ0v) is 18.9. The number of benzene rings is 3. The van der Waals surface area contributed by atoms with Gasteiger partial charge in [-0.1, -0.05) is 0 Å². The number of Topliss-reactive ketones (excluding diaryl/α,β-unsaturated/α-hetero) is 2. The van der Waals surface area contributed by atoms with Crippen molar-refractivity contribution in [2.75, 3.05) is 6.61 Å². The van der Waals surface area contributed by atoms with E-state index in [-0.39, 0.29) is 62.1 Å². The fourth-order valence-corrected chi connectivity index (χ4v) is 4.35. The van der Waals surface area contributed by atoms with Gasteiger partial charge in [-0.3, -0.25) is 14.4 Å². The summed E-state index contributed by atoms with van der Waals surface area (Å²) >= 11 is 0. The molecular formula is C26H18O10. The van der Waals surface area contributed by atoms with Crippen molar-refractivity contribution in [1.29, 1.82) is 0 Å². The van der Waals surface area contributed by atoms with Gasteiger partial charge in [-0.15, -0.1) is 0 Å². The number of aliphatic hydroxyl groups is 1. The molecule has 182 valence electrons. The molecule has 2 heterocycles. The van der Waals surface area contributed by atoms with Gasteiger partial charge in [0.1, 0.15) is 29.3 Å². The number of hydrogen-bond acceptors (Lipinski definition) is 10. The van der Waals surface area contributed by atoms with Crippen molar-refractivity contribution >= 4 is 39.3 Å². The van der Waals surface area contributed by atoms with Crippen molar-refractivity contribution in [2.45, 2.75) is 13.8 Å². The fourth-order valence-electron chi connectivity index (χ4n) is 4.35. The third-order valence-electron chi connectivity index (χ3n) is 6.18. The minimum Gasteiger partial charge on any atom is -0.507 e. The Kier molecular flexibility index (Phi) is 4.92. The van der Waals surface area contributed by atoms with Crippen LogP contribution in [0.1, 0.15) is 38.8 Å². The topological polar surface area (TPSA) is 175 Å². The van der Waals surface area contributed by atoms with Crippen LogP contribution in [0.3, 0.4) is 0 Å². The maximum absolute atomic E-state index is 13.3. The Morgan fingerprint density at radius 1 is 0.889 bits per heavy atom. The molecule has 5 rings (SSSR count). The predicted molar refractivity (Wildman–Crippen MR) is 127 cm³/mol. The highest BCUT2D eigenvalue weighted by molar-refractivity contribution is 6.16. The number of aliphatic hydroxyl groups excluding tert-OH is 1. The molecule has 0 radical (unpaired) electrons. The van der Waals surface area contributed by atoms with Crippen LogP contribution in [-0.4, -0.2) is 43.7 Å². The lowest BCUT2D eigenvalue weighted by molar-refractivity contribution is 0.0994. The minimum atomic E-state index is -0.682. The van der Waals surface area contributed by atoms with Crippen LogP contribution < -0.4 is 10.2 Å². The summed E-state index contributed by atoms with van der Waals surface area (Å²) in [7, 11) is 0. The number of ether oxygens (including phenoxy) is 1. The van der Waals surface area contributed by atoms with Gasteiger partial charge in [-0.25, -0.2) is 0 Å². The fraction of sp³-hybridized carbons (Fsp3) is 0.115. The third kappa shape index (κ3) is 3.22. The smallest absolute Gasteiger partial charge is 0.200 e. The van der Waals surface area contributed by atoms with Crippen molar-refractivity contribution in [2.24, 2.45) is 0 Å². The number of ketones is 2. The van der Waals surface area contributed by atoms with Crippen LogP contribution in [0.4, 0.5) is 0 Å². The first-order valence-corrected chi connectivity index (χ1v) is 10.6. The van der Waals surface area contributed by atoms with Gasteiger partial charge in [0.15, 0.2) is 34.6 Å². The average Bonchev–Trinajstić information content (AvgIpc) is 2.81. The molecule has 0 saturated heterocycles. The highest BCUT2D eigenvalue weighted by atomic mass is 16.5. The van der Waals surface area contributed by atoms with Crippen LogP contribution in [-0.2, 0) is 0 Å². The number of phenols is 4. The van der Waals surface area contributed by atoms with E-state index in [0.29, 0.717) is 0 Å². The van der Waals surface area contributed by atoms with Crippen LogP contribution in [0.15, 0.2) is 45.1 Å². The summed E-state index contributed by atoms with van der Waals surface area (Å²) < 4.78 is 11.3. The number of carbonyl (C=O) groups is 2. The van der Waals surface area contributed by atoms with E-state index < -0.39 is 45.8 Å². The van der Waals surface area contributed by atoms with Gasteiger partial charge in [0.25, 0.3) is 0 Å². The van der Waals surface area contributed by atoms with Crippen LogP contribution in [0.2, 0.25) is 0 Å². The van der Waals surface area contributed by atoms with Gasteiger partial charge in [-0.2, -0.15) is 0 Å². The third-order valence-corrected chi connectivity index (χ3v) is 6.18. The first-order valence-electron chi connectivity index (χ1n) is 10.6. The van der Waals surface area contributed by atoms with Crippen molar-refractivity contribution < 1.29 is 44.3 Å². The van der Waals surface area contributed by atoms with E-state index in [1.54, 1.807) is 0 Å². The summed E-state index contributed by atoms with van der Waals surface area (Å²) in [5.41, 5.74) is -0.870. The number of aromatic hydroxyl groups is 4. The normalized spacial score (nSPS) is 14.6. The predicted octanol–water partition coefficient (Wildman–Crippen LogP) is 3.82. The monoisotopic (exact) mass is 490 g/mol. The number of phenolic OH excluding ortho intramolecular Hbond substituents is 4. The van der Waals surface area contributed by atoms with E-state index in [1.807, 2.05) is 0 Å². The summed E-state index contributed by atoms with van der Waals surface area (Å²) in [6.45, 7) is 2.37. The molecule has 0 aliphatic carbocycles. The molecular weight excluding hydrogens is 472 g/mol. The van der Waals surface area contributed by atoms with Crippen LogP contribution in [0.25, 0.3) is 27.7 Å². The van der Waals surface area contributed by atoms with Gasteiger partial charge in [-0.05, 0) is 37.6 Å². The maximum Gasteiger partial charge on any atom is 0.200 e. The second kappa shape index (κ2) is 7.77. The molecule has 1 aliphatic rings. The summed E-state index contributed by atoms with van der Waals surface area (Å²) in [6.07, 6.45) is 0. The molecule has 1 aromatic heterocycles. The lowest BCUT2D eigenvalue weighted by Crippen LogP contribution is -2.21. The number of hydrogen-bond donors (Lipinski definition) is 5. The molecule has 0 fully saturated rings. The van der Waals surface area contributed by atoms with Gasteiger partial charge in [0, 0.05) is 17.7 Å². The van der Waals surface area contributed by atoms with Crippen LogP contribution >= 0.6 is 0 Å². The average molecular weight is 490 g/mol. The Hall–Kier alpha value is -4.99. The Balaban J connectivity index is 1.81. The summed E-state index contributed by atoms with van der Waals surface area (Å²) in [6, 6.07) is 5.44. The number of fused-ring (bicyclic) bond motifs is 3. The van der Waals surface area contributed by atoms with Gasteiger partial charge in [0.05, 0.1) is 27.5 Å². The SMILES string of the molecule is CC(=O)c1c(C)c(/C(O)=C2\COc3cc(O)c(O)cc3C2=O)cc2c(=O)c3cc(O)c(O)cc3oc12. The molecule has 4 aromatic rings. The van der Waals surface area contributed by atoms with Crippen molar-refractivity contribution in [3.8, 4) is 28.7 Å². The molecule has 3 aromatic carbocycles. The number of carbonyl (C=O) groups excluding carboxylic acids is 2. The molecule has 36 heavy (non-hydrogen) atoms. The standard InChI is InChI=1S/C26H18O10/c1-9-11(23(32)15-8-35-20-6-18(30)16(28)4-12(20)25(15)34)3-14-24(33)13-5-17(29)19(31)7-21(13)36-26(14)22(9)10(2)27/h3-7,28-32H,8H2,1-2H3/b23-15-. The quantitative estimate of drug-likeness (QED) is 0.0913.